The third-order valence-electron chi connectivity index (χ3n) is 5.45. The monoisotopic (exact) mass is 378 g/mol. The molecule has 146 valence electrons. The fourth-order valence-electron chi connectivity index (χ4n) is 3.86. The predicted octanol–water partition coefficient (Wildman–Crippen LogP) is 3.30. The molecule has 1 aliphatic rings. The molecule has 0 radical (unpaired) electrons. The molecule has 1 N–H and O–H groups in total. The number of hydrogen-bond donors (Lipinski definition) is 1. The minimum atomic E-state index is -0.0602. The van der Waals surface area contributed by atoms with Gasteiger partial charge < -0.3 is 10.2 Å². The maximum absolute atomic E-state index is 12.6. The van der Waals surface area contributed by atoms with Crippen molar-refractivity contribution in [3.8, 4) is 0 Å². The van der Waals surface area contributed by atoms with Gasteiger partial charge in [-0.3, -0.25) is 4.79 Å². The standard InChI is InChI=1S/C21H26N6O/c1-15-19(16(2)27-21(24-15)22-14-23-27)13-20(28)25-17-7-9-18(10-8-17)26-11-5-3-4-6-12-26/h7-10,14H,3-6,11-13H2,1-2H3,(H,25,28). The normalized spacial score (nSPS) is 14.9. The van der Waals surface area contributed by atoms with Gasteiger partial charge >= 0.3 is 0 Å². The average Bonchev–Trinajstić information content (AvgIpc) is 2.98. The number of aryl methyl sites for hydroxylation is 2. The van der Waals surface area contributed by atoms with Crippen LogP contribution in [0.4, 0.5) is 11.4 Å². The highest BCUT2D eigenvalue weighted by Crippen LogP contribution is 2.22. The van der Waals surface area contributed by atoms with E-state index in [1.807, 2.05) is 26.0 Å². The second kappa shape index (κ2) is 7.96. The summed E-state index contributed by atoms with van der Waals surface area (Å²) in [6.45, 7) is 6.07. The molecule has 0 aliphatic carbocycles. The number of hydrogen-bond acceptors (Lipinski definition) is 5. The van der Waals surface area contributed by atoms with Crippen molar-refractivity contribution in [2.45, 2.75) is 46.0 Å². The highest BCUT2D eigenvalue weighted by molar-refractivity contribution is 5.92. The van der Waals surface area contributed by atoms with Gasteiger partial charge in [0.15, 0.2) is 0 Å². The largest absolute Gasteiger partial charge is 0.372 e. The zero-order valence-electron chi connectivity index (χ0n) is 16.5. The zero-order chi connectivity index (χ0) is 19.5. The summed E-state index contributed by atoms with van der Waals surface area (Å²) in [7, 11) is 0. The summed E-state index contributed by atoms with van der Waals surface area (Å²) in [6, 6.07) is 8.16. The molecular formula is C21H26N6O. The van der Waals surface area contributed by atoms with Crippen molar-refractivity contribution >= 4 is 23.1 Å². The van der Waals surface area contributed by atoms with Gasteiger partial charge in [0.05, 0.1) is 6.42 Å². The number of benzene rings is 1. The summed E-state index contributed by atoms with van der Waals surface area (Å²) < 4.78 is 1.67. The van der Waals surface area contributed by atoms with Crippen LogP contribution in [0.3, 0.4) is 0 Å². The Bertz CT molecular complexity index is 970. The zero-order valence-corrected chi connectivity index (χ0v) is 16.5. The first-order valence-electron chi connectivity index (χ1n) is 9.92. The molecule has 3 heterocycles. The number of nitrogens with one attached hydrogen (secondary N) is 1. The molecule has 7 nitrogen and oxygen atoms in total. The molecule has 0 bridgehead atoms. The SMILES string of the molecule is Cc1nc2ncnn2c(C)c1CC(=O)Nc1ccc(N2CCCCCC2)cc1. The van der Waals surface area contributed by atoms with Gasteiger partial charge in [-0.2, -0.15) is 10.1 Å². The van der Waals surface area contributed by atoms with E-state index >= 15 is 0 Å². The molecule has 4 rings (SSSR count). The number of nitrogens with zero attached hydrogens (tertiary/aromatic N) is 5. The van der Waals surface area contributed by atoms with Crippen LogP contribution in [0.1, 0.15) is 42.6 Å². The van der Waals surface area contributed by atoms with Gasteiger partial charge in [-0.15, -0.1) is 0 Å². The Labute approximate surface area is 164 Å². The summed E-state index contributed by atoms with van der Waals surface area (Å²) in [4.78, 5) is 23.6. The van der Waals surface area contributed by atoms with E-state index in [9.17, 15) is 4.79 Å². The number of amides is 1. The van der Waals surface area contributed by atoms with Crippen LogP contribution < -0.4 is 10.2 Å². The number of carbonyl (C=O) groups is 1. The predicted molar refractivity (Wildman–Crippen MR) is 110 cm³/mol. The lowest BCUT2D eigenvalue weighted by atomic mass is 10.1. The summed E-state index contributed by atoms with van der Waals surface area (Å²) >= 11 is 0. The first kappa shape index (κ1) is 18.4. The van der Waals surface area contributed by atoms with E-state index in [4.69, 9.17) is 0 Å². The van der Waals surface area contributed by atoms with Gasteiger partial charge in [0, 0.05) is 41.4 Å². The molecule has 0 spiro atoms. The van der Waals surface area contributed by atoms with Crippen LogP contribution in [-0.4, -0.2) is 38.6 Å². The van der Waals surface area contributed by atoms with Gasteiger partial charge in [0.1, 0.15) is 6.33 Å². The maximum atomic E-state index is 12.6. The fourth-order valence-corrected chi connectivity index (χ4v) is 3.86. The second-order valence-electron chi connectivity index (χ2n) is 7.41. The maximum Gasteiger partial charge on any atom is 0.252 e. The van der Waals surface area contributed by atoms with Crippen LogP contribution in [0.25, 0.3) is 5.78 Å². The molecule has 1 fully saturated rings. The number of carbonyl (C=O) groups excluding carboxylic acids is 1. The van der Waals surface area contributed by atoms with Crippen LogP contribution in [0, 0.1) is 13.8 Å². The highest BCUT2D eigenvalue weighted by Gasteiger charge is 2.15. The van der Waals surface area contributed by atoms with Crippen molar-refractivity contribution in [3.63, 3.8) is 0 Å². The van der Waals surface area contributed by atoms with Gasteiger partial charge in [0.2, 0.25) is 5.91 Å². The van der Waals surface area contributed by atoms with E-state index in [0.717, 1.165) is 35.7 Å². The molecule has 2 aromatic heterocycles. The van der Waals surface area contributed by atoms with Crippen LogP contribution in [0.2, 0.25) is 0 Å². The van der Waals surface area contributed by atoms with E-state index in [0.29, 0.717) is 5.78 Å². The number of anilines is 2. The van der Waals surface area contributed by atoms with Crippen molar-refractivity contribution < 1.29 is 4.79 Å². The van der Waals surface area contributed by atoms with Gasteiger partial charge in [-0.05, 0) is 51.0 Å². The molecular weight excluding hydrogens is 352 g/mol. The van der Waals surface area contributed by atoms with Crippen molar-refractivity contribution in [2.24, 2.45) is 0 Å². The topological polar surface area (TPSA) is 75.4 Å². The van der Waals surface area contributed by atoms with Crippen molar-refractivity contribution in [2.75, 3.05) is 23.3 Å². The van der Waals surface area contributed by atoms with E-state index in [1.54, 1.807) is 4.52 Å². The first-order chi connectivity index (χ1) is 13.6. The van der Waals surface area contributed by atoms with Crippen LogP contribution in [0.5, 0.6) is 0 Å². The van der Waals surface area contributed by atoms with Gasteiger partial charge in [0.25, 0.3) is 5.78 Å². The quantitative estimate of drug-likeness (QED) is 0.754. The molecule has 1 saturated heterocycles. The lowest BCUT2D eigenvalue weighted by Gasteiger charge is -2.22. The summed E-state index contributed by atoms with van der Waals surface area (Å²) in [5.41, 5.74) is 4.63. The van der Waals surface area contributed by atoms with Crippen molar-refractivity contribution in [3.05, 3.63) is 47.5 Å². The molecule has 0 unspecified atom stereocenters. The Morgan fingerprint density at radius 1 is 1.07 bits per heavy atom. The lowest BCUT2D eigenvalue weighted by molar-refractivity contribution is -0.115. The van der Waals surface area contributed by atoms with Crippen molar-refractivity contribution in [1.29, 1.82) is 0 Å². The average molecular weight is 378 g/mol. The summed E-state index contributed by atoms with van der Waals surface area (Å²) in [5.74, 6) is 0.498. The van der Waals surface area contributed by atoms with Crippen molar-refractivity contribution in [1.82, 2.24) is 19.6 Å². The Hall–Kier alpha value is -2.96. The van der Waals surface area contributed by atoms with E-state index in [-0.39, 0.29) is 12.3 Å². The second-order valence-corrected chi connectivity index (χ2v) is 7.41. The van der Waals surface area contributed by atoms with Gasteiger partial charge in [-0.25, -0.2) is 9.50 Å². The van der Waals surface area contributed by atoms with Crippen LogP contribution in [0.15, 0.2) is 30.6 Å². The number of fused-ring (bicyclic) bond motifs is 1. The molecule has 1 amide bonds. The Kier molecular flexibility index (Phi) is 5.23. The smallest absolute Gasteiger partial charge is 0.252 e. The van der Waals surface area contributed by atoms with Crippen LogP contribution >= 0.6 is 0 Å². The third kappa shape index (κ3) is 3.83. The molecule has 3 aromatic rings. The third-order valence-corrected chi connectivity index (χ3v) is 5.45. The first-order valence-corrected chi connectivity index (χ1v) is 9.92. The number of aromatic nitrogens is 4. The molecule has 28 heavy (non-hydrogen) atoms. The molecule has 0 atom stereocenters. The molecule has 1 aliphatic heterocycles. The molecule has 7 heteroatoms. The summed E-state index contributed by atoms with van der Waals surface area (Å²) in [6.07, 6.45) is 6.87. The summed E-state index contributed by atoms with van der Waals surface area (Å²) in [5, 5.41) is 7.18. The Balaban J connectivity index is 1.44. The Morgan fingerprint density at radius 3 is 2.50 bits per heavy atom. The van der Waals surface area contributed by atoms with Crippen LogP contribution in [-0.2, 0) is 11.2 Å². The molecule has 1 aromatic carbocycles. The van der Waals surface area contributed by atoms with E-state index < -0.39 is 0 Å². The fraction of sp³-hybridized carbons (Fsp3) is 0.429. The molecule has 0 saturated carbocycles. The van der Waals surface area contributed by atoms with E-state index in [1.165, 1.54) is 37.7 Å². The van der Waals surface area contributed by atoms with Gasteiger partial charge in [-0.1, -0.05) is 12.8 Å². The Morgan fingerprint density at radius 2 is 1.79 bits per heavy atom. The minimum absolute atomic E-state index is 0.0602. The highest BCUT2D eigenvalue weighted by atomic mass is 16.1. The minimum Gasteiger partial charge on any atom is -0.372 e. The van der Waals surface area contributed by atoms with E-state index in [2.05, 4.69) is 37.4 Å². The lowest BCUT2D eigenvalue weighted by Crippen LogP contribution is -2.23. The number of rotatable bonds is 4.